The van der Waals surface area contributed by atoms with Crippen LogP contribution in [0.3, 0.4) is 0 Å². The van der Waals surface area contributed by atoms with Crippen molar-refractivity contribution in [3.8, 4) is 0 Å². The highest BCUT2D eigenvalue weighted by Crippen LogP contribution is 2.36. The lowest BCUT2D eigenvalue weighted by Gasteiger charge is -2.30. The van der Waals surface area contributed by atoms with Crippen LogP contribution in [0.4, 0.5) is 0 Å². The lowest BCUT2D eigenvalue weighted by molar-refractivity contribution is 0.273. The van der Waals surface area contributed by atoms with Crippen molar-refractivity contribution >= 4 is 15.9 Å². The Bertz CT molecular complexity index is 372. The number of benzene rings is 1. The smallest absolute Gasteiger partial charge is 0.0499 e. The Morgan fingerprint density at radius 1 is 1.29 bits per heavy atom. The van der Waals surface area contributed by atoms with E-state index >= 15 is 0 Å². The van der Waals surface area contributed by atoms with Gasteiger partial charge in [0.1, 0.15) is 0 Å². The highest BCUT2D eigenvalue weighted by molar-refractivity contribution is 9.10. The first-order valence-electron chi connectivity index (χ1n) is 6.44. The first-order valence-corrected chi connectivity index (χ1v) is 7.24. The highest BCUT2D eigenvalue weighted by Gasteiger charge is 2.25. The maximum atomic E-state index is 5.78. The summed E-state index contributed by atoms with van der Waals surface area (Å²) in [5, 5.41) is 0. The van der Waals surface area contributed by atoms with Crippen LogP contribution in [0.1, 0.15) is 49.3 Å². The molecule has 1 aromatic carbocycles. The highest BCUT2D eigenvalue weighted by atomic mass is 79.9. The molecule has 2 nitrogen and oxygen atoms in total. The molecule has 1 atom stereocenters. The minimum absolute atomic E-state index is 0.282. The van der Waals surface area contributed by atoms with Crippen LogP contribution in [-0.4, -0.2) is 0 Å². The summed E-state index contributed by atoms with van der Waals surface area (Å²) in [7, 11) is 0. The van der Waals surface area contributed by atoms with Crippen LogP contribution in [0.15, 0.2) is 22.7 Å². The summed E-state index contributed by atoms with van der Waals surface area (Å²) in [6.45, 7) is 2.13. The van der Waals surface area contributed by atoms with Crippen LogP contribution in [-0.2, 0) is 0 Å². The minimum Gasteiger partial charge on any atom is -0.271 e. The van der Waals surface area contributed by atoms with Gasteiger partial charge in [-0.25, -0.2) is 0 Å². The molecule has 1 saturated carbocycles. The van der Waals surface area contributed by atoms with Crippen LogP contribution < -0.4 is 11.3 Å². The SMILES string of the molecule is Cc1ccc(Br)c(C(NN)C2CCCCC2)c1. The quantitative estimate of drug-likeness (QED) is 0.657. The Balaban J connectivity index is 2.24. The summed E-state index contributed by atoms with van der Waals surface area (Å²) in [6, 6.07) is 6.77. The number of hydrogen-bond donors (Lipinski definition) is 2. The fourth-order valence-corrected chi connectivity index (χ4v) is 3.34. The average Bonchev–Trinajstić information content (AvgIpc) is 2.36. The van der Waals surface area contributed by atoms with Crippen LogP contribution in [0.25, 0.3) is 0 Å². The van der Waals surface area contributed by atoms with Gasteiger partial charge in [0.05, 0.1) is 0 Å². The number of halogens is 1. The third-order valence-corrected chi connectivity index (χ3v) is 4.51. The zero-order valence-corrected chi connectivity index (χ0v) is 12.0. The van der Waals surface area contributed by atoms with Gasteiger partial charge in [-0.2, -0.15) is 0 Å². The van der Waals surface area contributed by atoms with Crippen molar-refractivity contribution in [2.75, 3.05) is 0 Å². The normalized spacial score (nSPS) is 19.2. The molecule has 0 radical (unpaired) electrons. The van der Waals surface area contributed by atoms with Gasteiger partial charge in [0.25, 0.3) is 0 Å². The molecule has 1 aromatic rings. The van der Waals surface area contributed by atoms with E-state index in [0.29, 0.717) is 5.92 Å². The van der Waals surface area contributed by atoms with Gasteiger partial charge in [-0.05, 0) is 37.3 Å². The molecule has 0 aromatic heterocycles. The minimum atomic E-state index is 0.282. The molecule has 2 rings (SSSR count). The summed E-state index contributed by atoms with van der Waals surface area (Å²) in [6.07, 6.45) is 6.63. The molecule has 17 heavy (non-hydrogen) atoms. The van der Waals surface area contributed by atoms with Gasteiger partial charge < -0.3 is 0 Å². The molecule has 0 bridgehead atoms. The van der Waals surface area contributed by atoms with Crippen molar-refractivity contribution in [1.82, 2.24) is 5.43 Å². The summed E-state index contributed by atoms with van der Waals surface area (Å²) in [5.74, 6) is 6.46. The Labute approximate surface area is 112 Å². The zero-order valence-electron chi connectivity index (χ0n) is 10.4. The molecule has 3 N–H and O–H groups in total. The van der Waals surface area contributed by atoms with Crippen molar-refractivity contribution in [2.24, 2.45) is 11.8 Å². The second-order valence-electron chi connectivity index (χ2n) is 5.07. The summed E-state index contributed by atoms with van der Waals surface area (Å²) < 4.78 is 1.16. The van der Waals surface area contributed by atoms with E-state index in [1.54, 1.807) is 0 Å². The predicted molar refractivity (Wildman–Crippen MR) is 75.5 cm³/mol. The van der Waals surface area contributed by atoms with E-state index in [1.165, 1.54) is 43.2 Å². The molecule has 1 aliphatic carbocycles. The third-order valence-electron chi connectivity index (χ3n) is 3.79. The maximum absolute atomic E-state index is 5.78. The number of nitrogens with one attached hydrogen (secondary N) is 1. The molecule has 3 heteroatoms. The molecule has 0 saturated heterocycles. The van der Waals surface area contributed by atoms with Crippen molar-refractivity contribution in [3.05, 3.63) is 33.8 Å². The predicted octanol–water partition coefficient (Wildman–Crippen LogP) is 3.84. The second-order valence-corrected chi connectivity index (χ2v) is 5.92. The van der Waals surface area contributed by atoms with Crippen LogP contribution in [0.5, 0.6) is 0 Å². The molecular formula is C14H21BrN2. The lowest BCUT2D eigenvalue weighted by Crippen LogP contribution is -2.34. The molecule has 0 heterocycles. The largest absolute Gasteiger partial charge is 0.271 e. The lowest BCUT2D eigenvalue weighted by atomic mass is 9.81. The van der Waals surface area contributed by atoms with Crippen molar-refractivity contribution < 1.29 is 0 Å². The zero-order chi connectivity index (χ0) is 12.3. The Morgan fingerprint density at radius 3 is 2.65 bits per heavy atom. The van der Waals surface area contributed by atoms with Crippen LogP contribution in [0.2, 0.25) is 0 Å². The fraction of sp³-hybridized carbons (Fsp3) is 0.571. The van der Waals surface area contributed by atoms with E-state index < -0.39 is 0 Å². The van der Waals surface area contributed by atoms with Gasteiger partial charge in [-0.1, -0.05) is 52.9 Å². The van der Waals surface area contributed by atoms with E-state index in [2.05, 4.69) is 46.5 Å². The first kappa shape index (κ1) is 13.1. The molecular weight excluding hydrogens is 276 g/mol. The Kier molecular flexibility index (Phi) is 4.60. The number of nitrogens with two attached hydrogens (primary N) is 1. The standard InChI is InChI=1S/C14H21BrN2/c1-10-7-8-13(15)12(9-10)14(17-16)11-5-3-2-4-6-11/h7-9,11,14,17H,2-6,16H2,1H3. The Morgan fingerprint density at radius 2 is 2.00 bits per heavy atom. The van der Waals surface area contributed by atoms with Crippen molar-refractivity contribution in [2.45, 2.75) is 45.1 Å². The first-order chi connectivity index (χ1) is 8.22. The molecule has 1 unspecified atom stereocenters. The summed E-state index contributed by atoms with van der Waals surface area (Å²) in [4.78, 5) is 0. The van der Waals surface area contributed by atoms with E-state index in [4.69, 9.17) is 5.84 Å². The van der Waals surface area contributed by atoms with E-state index in [9.17, 15) is 0 Å². The van der Waals surface area contributed by atoms with Crippen molar-refractivity contribution in [3.63, 3.8) is 0 Å². The summed E-state index contributed by atoms with van der Waals surface area (Å²) in [5.41, 5.74) is 5.62. The number of hydrazine groups is 1. The van der Waals surface area contributed by atoms with E-state index in [1.807, 2.05) is 0 Å². The number of rotatable bonds is 3. The van der Waals surface area contributed by atoms with Gasteiger partial charge in [-0.3, -0.25) is 11.3 Å². The van der Waals surface area contributed by atoms with Crippen LogP contribution in [0, 0.1) is 12.8 Å². The maximum Gasteiger partial charge on any atom is 0.0499 e. The van der Waals surface area contributed by atoms with E-state index in [-0.39, 0.29) is 6.04 Å². The second kappa shape index (κ2) is 5.98. The molecule has 0 amide bonds. The topological polar surface area (TPSA) is 38.0 Å². The van der Waals surface area contributed by atoms with Gasteiger partial charge in [0.2, 0.25) is 0 Å². The van der Waals surface area contributed by atoms with Crippen molar-refractivity contribution in [1.29, 1.82) is 0 Å². The van der Waals surface area contributed by atoms with Gasteiger partial charge in [-0.15, -0.1) is 0 Å². The van der Waals surface area contributed by atoms with E-state index in [0.717, 1.165) is 4.47 Å². The molecule has 0 aliphatic heterocycles. The van der Waals surface area contributed by atoms with Crippen LogP contribution >= 0.6 is 15.9 Å². The number of aryl methyl sites for hydroxylation is 1. The third kappa shape index (κ3) is 3.09. The van der Waals surface area contributed by atoms with Gasteiger partial charge in [0, 0.05) is 10.5 Å². The average molecular weight is 297 g/mol. The van der Waals surface area contributed by atoms with Gasteiger partial charge in [0.15, 0.2) is 0 Å². The monoisotopic (exact) mass is 296 g/mol. The fourth-order valence-electron chi connectivity index (χ4n) is 2.85. The van der Waals surface area contributed by atoms with Gasteiger partial charge >= 0.3 is 0 Å². The summed E-state index contributed by atoms with van der Waals surface area (Å²) >= 11 is 3.64. The molecule has 1 fully saturated rings. The Hall–Kier alpha value is -0.380. The molecule has 94 valence electrons. The molecule has 0 spiro atoms. The molecule has 1 aliphatic rings. The number of hydrogen-bond acceptors (Lipinski definition) is 2.